The first-order valence-corrected chi connectivity index (χ1v) is 6.07. The van der Waals surface area contributed by atoms with E-state index >= 15 is 0 Å². The summed E-state index contributed by atoms with van der Waals surface area (Å²) in [6.45, 7) is 0.167. The standard InChI is InChI=1S/C11H11BrF2N2O/c12-9-3-1-2-8(15-9)10(17)16-6-4-11(13,14)5-7-16/h1-3H,4-7H2. The molecule has 1 amide bonds. The number of hydrogen-bond donors (Lipinski definition) is 0. The fourth-order valence-corrected chi connectivity index (χ4v) is 2.07. The predicted molar refractivity (Wildman–Crippen MR) is 62.0 cm³/mol. The molecular weight excluding hydrogens is 294 g/mol. The van der Waals surface area contributed by atoms with Crippen molar-refractivity contribution < 1.29 is 13.6 Å². The molecule has 1 aliphatic rings. The smallest absolute Gasteiger partial charge is 0.272 e. The van der Waals surface area contributed by atoms with E-state index in [4.69, 9.17) is 0 Å². The summed E-state index contributed by atoms with van der Waals surface area (Å²) in [5, 5.41) is 0. The van der Waals surface area contributed by atoms with Crippen LogP contribution >= 0.6 is 15.9 Å². The van der Waals surface area contributed by atoms with Gasteiger partial charge in [0.2, 0.25) is 0 Å². The van der Waals surface area contributed by atoms with Gasteiger partial charge in [0.15, 0.2) is 0 Å². The van der Waals surface area contributed by atoms with Crippen LogP contribution in [-0.4, -0.2) is 34.8 Å². The van der Waals surface area contributed by atoms with Gasteiger partial charge in [0, 0.05) is 25.9 Å². The molecule has 0 atom stereocenters. The third-order valence-corrected chi connectivity index (χ3v) is 3.16. The first-order chi connectivity index (χ1) is 7.98. The molecule has 92 valence electrons. The number of rotatable bonds is 1. The molecule has 0 N–H and O–H groups in total. The van der Waals surface area contributed by atoms with Crippen molar-refractivity contribution in [1.29, 1.82) is 0 Å². The Morgan fingerprint density at radius 2 is 2.00 bits per heavy atom. The molecular formula is C11H11BrF2N2O. The molecule has 3 nitrogen and oxygen atoms in total. The van der Waals surface area contributed by atoms with Gasteiger partial charge < -0.3 is 4.90 Å². The zero-order valence-corrected chi connectivity index (χ0v) is 10.6. The molecule has 0 saturated carbocycles. The second-order valence-electron chi connectivity index (χ2n) is 3.99. The van der Waals surface area contributed by atoms with Crippen molar-refractivity contribution >= 4 is 21.8 Å². The second kappa shape index (κ2) is 4.68. The Morgan fingerprint density at radius 1 is 1.35 bits per heavy atom. The van der Waals surface area contributed by atoms with E-state index in [2.05, 4.69) is 20.9 Å². The zero-order chi connectivity index (χ0) is 12.5. The zero-order valence-electron chi connectivity index (χ0n) is 9.00. The first kappa shape index (κ1) is 12.4. The number of alkyl halides is 2. The highest BCUT2D eigenvalue weighted by molar-refractivity contribution is 9.10. The van der Waals surface area contributed by atoms with Crippen molar-refractivity contribution in [3.63, 3.8) is 0 Å². The fourth-order valence-electron chi connectivity index (χ4n) is 1.73. The molecule has 0 spiro atoms. The first-order valence-electron chi connectivity index (χ1n) is 5.28. The van der Waals surface area contributed by atoms with Gasteiger partial charge in [0.1, 0.15) is 10.3 Å². The third-order valence-electron chi connectivity index (χ3n) is 2.72. The highest BCUT2D eigenvalue weighted by atomic mass is 79.9. The summed E-state index contributed by atoms with van der Waals surface area (Å²) in [6.07, 6.45) is -0.542. The lowest BCUT2D eigenvalue weighted by atomic mass is 10.1. The molecule has 0 bridgehead atoms. The topological polar surface area (TPSA) is 33.2 Å². The molecule has 17 heavy (non-hydrogen) atoms. The van der Waals surface area contributed by atoms with E-state index in [0.29, 0.717) is 4.60 Å². The number of hydrogen-bond acceptors (Lipinski definition) is 2. The molecule has 1 fully saturated rings. The van der Waals surface area contributed by atoms with Crippen molar-refractivity contribution in [2.75, 3.05) is 13.1 Å². The second-order valence-corrected chi connectivity index (χ2v) is 4.81. The van der Waals surface area contributed by atoms with Crippen molar-refractivity contribution in [3.8, 4) is 0 Å². The number of aromatic nitrogens is 1. The summed E-state index contributed by atoms with van der Waals surface area (Å²) in [7, 11) is 0. The monoisotopic (exact) mass is 304 g/mol. The lowest BCUT2D eigenvalue weighted by Gasteiger charge is -2.31. The molecule has 1 aliphatic heterocycles. The molecule has 1 aromatic heterocycles. The Kier molecular flexibility index (Phi) is 3.42. The molecule has 2 heterocycles. The molecule has 1 aromatic rings. The van der Waals surface area contributed by atoms with E-state index in [1.165, 1.54) is 4.90 Å². The Hall–Kier alpha value is -1.04. The molecule has 6 heteroatoms. The minimum Gasteiger partial charge on any atom is -0.337 e. The average Bonchev–Trinajstić information content (AvgIpc) is 2.28. The highest BCUT2D eigenvalue weighted by Crippen LogP contribution is 2.28. The fraction of sp³-hybridized carbons (Fsp3) is 0.455. The van der Waals surface area contributed by atoms with Crippen molar-refractivity contribution in [1.82, 2.24) is 9.88 Å². The van der Waals surface area contributed by atoms with Gasteiger partial charge in [-0.1, -0.05) is 6.07 Å². The van der Waals surface area contributed by atoms with Crippen LogP contribution in [0.5, 0.6) is 0 Å². The molecule has 0 aliphatic carbocycles. The van der Waals surface area contributed by atoms with Crippen LogP contribution in [0, 0.1) is 0 Å². The van der Waals surface area contributed by atoms with Gasteiger partial charge >= 0.3 is 0 Å². The summed E-state index contributed by atoms with van der Waals surface area (Å²) in [6, 6.07) is 4.99. The summed E-state index contributed by atoms with van der Waals surface area (Å²) in [5.74, 6) is -2.93. The molecule has 0 radical (unpaired) electrons. The number of pyridine rings is 1. The molecule has 2 rings (SSSR count). The number of piperidine rings is 1. The molecule has 0 unspecified atom stereocenters. The Labute approximate surface area is 106 Å². The normalized spacial score (nSPS) is 19.1. The summed E-state index contributed by atoms with van der Waals surface area (Å²) in [5.41, 5.74) is 0.282. The van der Waals surface area contributed by atoms with Crippen LogP contribution in [-0.2, 0) is 0 Å². The lowest BCUT2D eigenvalue weighted by Crippen LogP contribution is -2.43. The SMILES string of the molecule is O=C(c1cccc(Br)n1)N1CCC(F)(F)CC1. The predicted octanol–water partition coefficient (Wildman–Crippen LogP) is 2.72. The number of likely N-dealkylation sites (tertiary alicyclic amines) is 1. The molecule has 0 aromatic carbocycles. The maximum Gasteiger partial charge on any atom is 0.272 e. The highest BCUT2D eigenvalue weighted by Gasteiger charge is 2.35. The number of nitrogens with zero attached hydrogens (tertiary/aromatic N) is 2. The van der Waals surface area contributed by atoms with Crippen molar-refractivity contribution in [2.45, 2.75) is 18.8 Å². The van der Waals surface area contributed by atoms with E-state index in [-0.39, 0.29) is 37.5 Å². The van der Waals surface area contributed by atoms with Gasteiger partial charge in [-0.3, -0.25) is 4.79 Å². The average molecular weight is 305 g/mol. The van der Waals surface area contributed by atoms with E-state index < -0.39 is 5.92 Å². The maximum atomic E-state index is 12.9. The van der Waals surface area contributed by atoms with E-state index in [0.717, 1.165) is 0 Å². The van der Waals surface area contributed by atoms with Crippen LogP contribution in [0.1, 0.15) is 23.3 Å². The van der Waals surface area contributed by atoms with Gasteiger partial charge in [-0.2, -0.15) is 0 Å². The maximum absolute atomic E-state index is 12.9. The van der Waals surface area contributed by atoms with Gasteiger partial charge in [-0.15, -0.1) is 0 Å². The summed E-state index contributed by atoms with van der Waals surface area (Å²) < 4.78 is 26.5. The quantitative estimate of drug-likeness (QED) is 0.748. The number of amides is 1. The number of carbonyl (C=O) groups is 1. The van der Waals surface area contributed by atoms with Gasteiger partial charge in [-0.05, 0) is 28.1 Å². The van der Waals surface area contributed by atoms with Gasteiger partial charge in [0.25, 0.3) is 11.8 Å². The third kappa shape index (κ3) is 3.00. The van der Waals surface area contributed by atoms with Crippen LogP contribution in [0.2, 0.25) is 0 Å². The van der Waals surface area contributed by atoms with E-state index in [1.54, 1.807) is 18.2 Å². The summed E-state index contributed by atoms with van der Waals surface area (Å²) >= 11 is 3.17. The van der Waals surface area contributed by atoms with Crippen LogP contribution in [0.15, 0.2) is 22.8 Å². The largest absolute Gasteiger partial charge is 0.337 e. The van der Waals surface area contributed by atoms with Gasteiger partial charge in [0.05, 0.1) is 0 Å². The summed E-state index contributed by atoms with van der Waals surface area (Å²) in [4.78, 5) is 17.4. The minimum absolute atomic E-state index is 0.0834. The van der Waals surface area contributed by atoms with Crippen LogP contribution in [0.25, 0.3) is 0 Å². The number of carbonyl (C=O) groups excluding carboxylic acids is 1. The Bertz CT molecular complexity index is 429. The van der Waals surface area contributed by atoms with Crippen LogP contribution in [0.4, 0.5) is 8.78 Å². The Balaban J connectivity index is 2.07. The van der Waals surface area contributed by atoms with E-state index in [9.17, 15) is 13.6 Å². The molecule has 1 saturated heterocycles. The van der Waals surface area contributed by atoms with Crippen LogP contribution < -0.4 is 0 Å². The lowest BCUT2D eigenvalue weighted by molar-refractivity contribution is -0.0495. The number of halogens is 3. The Morgan fingerprint density at radius 3 is 2.59 bits per heavy atom. The minimum atomic E-state index is -2.64. The van der Waals surface area contributed by atoms with Crippen molar-refractivity contribution in [3.05, 3.63) is 28.5 Å². The van der Waals surface area contributed by atoms with Crippen molar-refractivity contribution in [2.24, 2.45) is 0 Å². The van der Waals surface area contributed by atoms with Crippen LogP contribution in [0.3, 0.4) is 0 Å². The van der Waals surface area contributed by atoms with Gasteiger partial charge in [-0.25, -0.2) is 13.8 Å². The van der Waals surface area contributed by atoms with E-state index in [1.807, 2.05) is 0 Å².